The fraction of sp³-hybridized carbons (Fsp3) is 0.0769. The number of hydrogen-bond acceptors (Lipinski definition) is 1. The summed E-state index contributed by atoms with van der Waals surface area (Å²) in [6.07, 6.45) is 0. The normalized spacial score (nSPS) is 10.4. The number of benzene rings is 2. The quantitative estimate of drug-likeness (QED) is 0.696. The van der Waals surface area contributed by atoms with Crippen LogP contribution in [-0.4, -0.2) is 0 Å². The molecule has 2 aromatic rings. The Labute approximate surface area is 116 Å². The second-order valence-electron chi connectivity index (χ2n) is 3.54. The zero-order chi connectivity index (χ0) is 13.1. The molecular weight excluding hydrogens is 325 g/mol. The molecule has 0 amide bonds. The monoisotopic (exact) mass is 332 g/mol. The summed E-state index contributed by atoms with van der Waals surface area (Å²) in [4.78, 5) is 0. The van der Waals surface area contributed by atoms with Gasteiger partial charge in [-0.25, -0.2) is 8.78 Å². The molecule has 0 aliphatic heterocycles. The van der Waals surface area contributed by atoms with Crippen molar-refractivity contribution in [2.45, 2.75) is 5.88 Å². The molecule has 0 atom stereocenters. The minimum Gasteiger partial charge on any atom is -0.454 e. The molecule has 5 heteroatoms. The van der Waals surface area contributed by atoms with Gasteiger partial charge in [0.15, 0.2) is 11.6 Å². The summed E-state index contributed by atoms with van der Waals surface area (Å²) in [6.45, 7) is 0. The van der Waals surface area contributed by atoms with Crippen LogP contribution in [0.1, 0.15) is 5.56 Å². The molecule has 2 rings (SSSR count). The Morgan fingerprint density at radius 1 is 1.11 bits per heavy atom. The zero-order valence-corrected chi connectivity index (χ0v) is 11.4. The first-order valence-corrected chi connectivity index (χ1v) is 6.41. The van der Waals surface area contributed by atoms with E-state index in [2.05, 4.69) is 15.9 Å². The molecule has 0 bridgehead atoms. The summed E-state index contributed by atoms with van der Waals surface area (Å²) in [5.41, 5.74) is 0.539. The predicted molar refractivity (Wildman–Crippen MR) is 70.1 cm³/mol. The van der Waals surface area contributed by atoms with Crippen molar-refractivity contribution in [1.29, 1.82) is 0 Å². The summed E-state index contributed by atoms with van der Waals surface area (Å²) in [6, 6.07) is 8.60. The van der Waals surface area contributed by atoms with Crippen LogP contribution in [0.25, 0.3) is 0 Å². The molecule has 0 spiro atoms. The van der Waals surface area contributed by atoms with Gasteiger partial charge >= 0.3 is 0 Å². The van der Waals surface area contributed by atoms with Gasteiger partial charge in [0.25, 0.3) is 0 Å². The lowest BCUT2D eigenvalue weighted by molar-refractivity contribution is 0.436. The Morgan fingerprint density at radius 2 is 1.89 bits per heavy atom. The molecule has 18 heavy (non-hydrogen) atoms. The Hall–Kier alpha value is -1.13. The molecule has 0 heterocycles. The van der Waals surface area contributed by atoms with Crippen LogP contribution in [0.3, 0.4) is 0 Å². The molecule has 0 saturated carbocycles. The van der Waals surface area contributed by atoms with Crippen LogP contribution in [0, 0.1) is 11.6 Å². The van der Waals surface area contributed by atoms with Gasteiger partial charge in [-0.15, -0.1) is 11.6 Å². The number of para-hydroxylation sites is 1. The molecule has 1 nitrogen and oxygen atoms in total. The zero-order valence-electron chi connectivity index (χ0n) is 9.09. The largest absolute Gasteiger partial charge is 0.454 e. The van der Waals surface area contributed by atoms with Gasteiger partial charge in [0.1, 0.15) is 11.6 Å². The maximum Gasteiger partial charge on any atom is 0.167 e. The van der Waals surface area contributed by atoms with E-state index in [4.69, 9.17) is 16.3 Å². The highest BCUT2D eigenvalue weighted by Crippen LogP contribution is 2.31. The third-order valence-corrected chi connectivity index (χ3v) is 3.20. The van der Waals surface area contributed by atoms with Crippen LogP contribution in [0.4, 0.5) is 8.78 Å². The molecular formula is C13H8BrClF2O. The first-order valence-electron chi connectivity index (χ1n) is 5.08. The molecule has 0 unspecified atom stereocenters. The van der Waals surface area contributed by atoms with E-state index in [-0.39, 0.29) is 16.1 Å². The molecule has 0 N–H and O–H groups in total. The third-order valence-electron chi connectivity index (χ3n) is 2.30. The van der Waals surface area contributed by atoms with E-state index in [1.807, 2.05) is 0 Å². The fourth-order valence-electron chi connectivity index (χ4n) is 1.43. The number of alkyl halides is 1. The lowest BCUT2D eigenvalue weighted by Crippen LogP contribution is -1.93. The maximum atomic E-state index is 13.6. The summed E-state index contributed by atoms with van der Waals surface area (Å²) in [5, 5.41) is 0. The van der Waals surface area contributed by atoms with Crippen molar-refractivity contribution in [3.8, 4) is 11.5 Å². The lowest BCUT2D eigenvalue weighted by atomic mass is 10.2. The Kier molecular flexibility index (Phi) is 4.19. The van der Waals surface area contributed by atoms with Crippen LogP contribution in [-0.2, 0) is 5.88 Å². The van der Waals surface area contributed by atoms with Crippen molar-refractivity contribution in [2.75, 3.05) is 0 Å². The van der Waals surface area contributed by atoms with Gasteiger partial charge in [-0.3, -0.25) is 0 Å². The summed E-state index contributed by atoms with van der Waals surface area (Å²) in [5.74, 6) is -0.386. The van der Waals surface area contributed by atoms with Crippen molar-refractivity contribution in [2.24, 2.45) is 0 Å². The standard InChI is InChI=1S/C13H8BrClF2O/c14-10-6-9(4-5-11(10)16)18-13-8(7-15)2-1-3-12(13)17/h1-6H,7H2. The molecule has 2 aromatic carbocycles. The van der Waals surface area contributed by atoms with Crippen molar-refractivity contribution in [3.05, 3.63) is 58.1 Å². The number of ether oxygens (including phenoxy) is 1. The van der Waals surface area contributed by atoms with E-state index in [0.29, 0.717) is 11.3 Å². The van der Waals surface area contributed by atoms with Gasteiger partial charge in [-0.1, -0.05) is 12.1 Å². The van der Waals surface area contributed by atoms with Crippen LogP contribution >= 0.6 is 27.5 Å². The van der Waals surface area contributed by atoms with Gasteiger partial charge < -0.3 is 4.74 Å². The van der Waals surface area contributed by atoms with Crippen LogP contribution in [0.15, 0.2) is 40.9 Å². The SMILES string of the molecule is Fc1ccc(Oc2c(F)cccc2CCl)cc1Br. The third kappa shape index (κ3) is 2.82. The second kappa shape index (κ2) is 5.67. The Bertz CT molecular complexity index is 575. The highest BCUT2D eigenvalue weighted by Gasteiger charge is 2.11. The van der Waals surface area contributed by atoms with Gasteiger partial charge in [0, 0.05) is 5.56 Å². The topological polar surface area (TPSA) is 9.23 Å². The number of hydrogen-bond donors (Lipinski definition) is 0. The van der Waals surface area contributed by atoms with E-state index >= 15 is 0 Å². The first-order chi connectivity index (χ1) is 8.61. The second-order valence-corrected chi connectivity index (χ2v) is 4.66. The van der Waals surface area contributed by atoms with Crippen molar-refractivity contribution < 1.29 is 13.5 Å². The van der Waals surface area contributed by atoms with Crippen LogP contribution < -0.4 is 4.74 Å². The van der Waals surface area contributed by atoms with E-state index in [9.17, 15) is 8.78 Å². The first kappa shape index (κ1) is 13.3. The average molecular weight is 334 g/mol. The number of rotatable bonds is 3. The van der Waals surface area contributed by atoms with Crippen molar-refractivity contribution in [1.82, 2.24) is 0 Å². The van der Waals surface area contributed by atoms with Crippen LogP contribution in [0.5, 0.6) is 11.5 Å². The van der Waals surface area contributed by atoms with Crippen molar-refractivity contribution >= 4 is 27.5 Å². The van der Waals surface area contributed by atoms with Gasteiger partial charge in [0.2, 0.25) is 0 Å². The molecule has 94 valence electrons. The van der Waals surface area contributed by atoms with E-state index < -0.39 is 11.6 Å². The highest BCUT2D eigenvalue weighted by molar-refractivity contribution is 9.10. The highest BCUT2D eigenvalue weighted by atomic mass is 79.9. The molecule has 0 aliphatic rings. The molecule has 0 radical (unpaired) electrons. The predicted octanol–water partition coefficient (Wildman–Crippen LogP) is 5.26. The van der Waals surface area contributed by atoms with Gasteiger partial charge in [-0.05, 0) is 40.2 Å². The van der Waals surface area contributed by atoms with Gasteiger partial charge in [-0.2, -0.15) is 0 Å². The summed E-state index contributed by atoms with van der Waals surface area (Å²) >= 11 is 8.75. The fourth-order valence-corrected chi connectivity index (χ4v) is 2.00. The smallest absolute Gasteiger partial charge is 0.167 e. The Morgan fingerprint density at radius 3 is 2.56 bits per heavy atom. The molecule has 0 fully saturated rings. The maximum absolute atomic E-state index is 13.6. The molecule has 0 aliphatic carbocycles. The van der Waals surface area contributed by atoms with Gasteiger partial charge in [0.05, 0.1) is 10.4 Å². The van der Waals surface area contributed by atoms with Crippen molar-refractivity contribution in [3.63, 3.8) is 0 Å². The minimum atomic E-state index is -0.506. The molecule has 0 saturated heterocycles. The lowest BCUT2D eigenvalue weighted by Gasteiger charge is -2.10. The number of halogens is 4. The Balaban J connectivity index is 2.36. The minimum absolute atomic E-state index is 0.0611. The molecule has 0 aromatic heterocycles. The summed E-state index contributed by atoms with van der Waals surface area (Å²) < 4.78 is 32.4. The van der Waals surface area contributed by atoms with E-state index in [1.165, 1.54) is 24.3 Å². The summed E-state index contributed by atoms with van der Waals surface area (Å²) in [7, 11) is 0. The van der Waals surface area contributed by atoms with E-state index in [0.717, 1.165) is 0 Å². The van der Waals surface area contributed by atoms with E-state index in [1.54, 1.807) is 12.1 Å². The average Bonchev–Trinajstić information content (AvgIpc) is 2.36. The van der Waals surface area contributed by atoms with Crippen LogP contribution in [0.2, 0.25) is 0 Å².